The first kappa shape index (κ1) is 21.4. The highest BCUT2D eigenvalue weighted by molar-refractivity contribution is 5.91. The van der Waals surface area contributed by atoms with Gasteiger partial charge in [0.25, 0.3) is 5.70 Å². The van der Waals surface area contributed by atoms with Gasteiger partial charge in [-0.25, -0.2) is 4.79 Å². The lowest BCUT2D eigenvalue weighted by Crippen LogP contribution is -2.49. The Morgan fingerprint density at radius 3 is 2.26 bits per heavy atom. The van der Waals surface area contributed by atoms with Crippen LogP contribution >= 0.6 is 0 Å². The van der Waals surface area contributed by atoms with Crippen LogP contribution in [0.15, 0.2) is 115 Å². The molecule has 0 aliphatic carbocycles. The van der Waals surface area contributed by atoms with Crippen LogP contribution in [0.4, 0.5) is 0 Å². The van der Waals surface area contributed by atoms with Gasteiger partial charge in [-0.1, -0.05) is 103 Å². The molecule has 2 atom stereocenters. The summed E-state index contributed by atoms with van der Waals surface area (Å²) in [4.78, 5) is 25.7. The van der Waals surface area contributed by atoms with Gasteiger partial charge in [0.05, 0.1) is 11.1 Å². The summed E-state index contributed by atoms with van der Waals surface area (Å²) < 4.78 is 5.80. The standard InChI is InChI=1S/C28H22N2O4/c31-27(34-19-20-10-3-1-4-11-20)28(22-14-5-2-6-15-22)26(25(18-29-28)30(32)33)24-17-9-13-21-12-7-8-16-23(21)24/h1-18,26,29H,19H2/t26-,28-/m0/s1. The Balaban J connectivity index is 1.68. The molecule has 0 spiro atoms. The number of esters is 1. The average Bonchev–Trinajstić information content (AvgIpc) is 3.30. The van der Waals surface area contributed by atoms with Crippen molar-refractivity contribution in [1.82, 2.24) is 5.32 Å². The highest BCUT2D eigenvalue weighted by Crippen LogP contribution is 2.48. The zero-order valence-corrected chi connectivity index (χ0v) is 18.3. The van der Waals surface area contributed by atoms with E-state index in [9.17, 15) is 14.9 Å². The molecule has 0 bridgehead atoms. The van der Waals surface area contributed by atoms with E-state index in [0.29, 0.717) is 11.1 Å². The second-order valence-corrected chi connectivity index (χ2v) is 8.21. The number of fused-ring (bicyclic) bond motifs is 1. The van der Waals surface area contributed by atoms with Crippen LogP contribution in [0, 0.1) is 10.1 Å². The molecular formula is C28H22N2O4. The topological polar surface area (TPSA) is 81.5 Å². The van der Waals surface area contributed by atoms with Crippen LogP contribution in [0.2, 0.25) is 0 Å². The van der Waals surface area contributed by atoms with Crippen LogP contribution in [0.5, 0.6) is 0 Å². The summed E-state index contributed by atoms with van der Waals surface area (Å²) in [5.74, 6) is -1.48. The predicted molar refractivity (Wildman–Crippen MR) is 129 cm³/mol. The molecule has 4 aromatic rings. The largest absolute Gasteiger partial charge is 0.459 e. The fraction of sp³-hybridized carbons (Fsp3) is 0.107. The van der Waals surface area contributed by atoms with Crippen molar-refractivity contribution in [2.75, 3.05) is 0 Å². The molecule has 1 aliphatic rings. The number of ether oxygens (including phenoxy) is 1. The number of nitrogens with one attached hydrogen (secondary N) is 1. The van der Waals surface area contributed by atoms with E-state index in [1.54, 1.807) is 12.1 Å². The Morgan fingerprint density at radius 1 is 0.882 bits per heavy atom. The maximum absolute atomic E-state index is 13.9. The number of carbonyl (C=O) groups excluding carboxylic acids is 1. The summed E-state index contributed by atoms with van der Waals surface area (Å²) >= 11 is 0. The molecular weight excluding hydrogens is 428 g/mol. The van der Waals surface area contributed by atoms with Gasteiger partial charge in [0.15, 0.2) is 5.54 Å². The minimum Gasteiger partial charge on any atom is -0.459 e. The van der Waals surface area contributed by atoms with Crippen molar-refractivity contribution in [1.29, 1.82) is 0 Å². The zero-order chi connectivity index (χ0) is 23.5. The first-order chi connectivity index (χ1) is 16.6. The van der Waals surface area contributed by atoms with Gasteiger partial charge in [-0.3, -0.25) is 10.1 Å². The predicted octanol–water partition coefficient (Wildman–Crippen LogP) is 5.28. The molecule has 0 fully saturated rings. The van der Waals surface area contributed by atoms with Crippen LogP contribution in [0.25, 0.3) is 10.8 Å². The summed E-state index contributed by atoms with van der Waals surface area (Å²) in [5.41, 5.74) is 0.534. The average molecular weight is 450 g/mol. The van der Waals surface area contributed by atoms with Crippen molar-refractivity contribution in [3.05, 3.63) is 142 Å². The van der Waals surface area contributed by atoms with Crippen LogP contribution in [-0.4, -0.2) is 10.9 Å². The molecule has 34 heavy (non-hydrogen) atoms. The van der Waals surface area contributed by atoms with Crippen molar-refractivity contribution < 1.29 is 14.5 Å². The number of nitrogens with zero attached hydrogens (tertiary/aromatic N) is 1. The van der Waals surface area contributed by atoms with Gasteiger partial charge in [-0.2, -0.15) is 0 Å². The summed E-state index contributed by atoms with van der Waals surface area (Å²) in [6, 6.07) is 31.8. The monoisotopic (exact) mass is 450 g/mol. The number of nitro groups is 1. The van der Waals surface area contributed by atoms with E-state index in [-0.39, 0.29) is 12.3 Å². The van der Waals surface area contributed by atoms with E-state index in [2.05, 4.69) is 5.32 Å². The lowest BCUT2D eigenvalue weighted by atomic mass is 9.73. The minimum absolute atomic E-state index is 0.0615. The third kappa shape index (κ3) is 3.59. The fourth-order valence-corrected chi connectivity index (χ4v) is 4.71. The van der Waals surface area contributed by atoms with E-state index in [0.717, 1.165) is 16.3 Å². The Morgan fingerprint density at radius 2 is 1.53 bits per heavy atom. The molecule has 0 unspecified atom stereocenters. The minimum atomic E-state index is -1.50. The van der Waals surface area contributed by atoms with Crippen molar-refractivity contribution in [3.63, 3.8) is 0 Å². The van der Waals surface area contributed by atoms with Gasteiger partial charge in [-0.15, -0.1) is 0 Å². The summed E-state index contributed by atoms with van der Waals surface area (Å²) in [6.45, 7) is 0.0615. The van der Waals surface area contributed by atoms with Crippen LogP contribution in [0.3, 0.4) is 0 Å². The van der Waals surface area contributed by atoms with Gasteiger partial charge < -0.3 is 10.1 Å². The Labute approximate surface area is 196 Å². The van der Waals surface area contributed by atoms with E-state index < -0.39 is 22.3 Å². The first-order valence-electron chi connectivity index (χ1n) is 11.0. The van der Waals surface area contributed by atoms with Crippen LogP contribution in [0.1, 0.15) is 22.6 Å². The van der Waals surface area contributed by atoms with Crippen molar-refractivity contribution in [2.24, 2.45) is 0 Å². The van der Waals surface area contributed by atoms with E-state index in [1.807, 2.05) is 91.0 Å². The molecule has 0 amide bonds. The summed E-state index contributed by atoms with van der Waals surface area (Å²) in [6.07, 6.45) is 1.34. The third-order valence-electron chi connectivity index (χ3n) is 6.29. The lowest BCUT2D eigenvalue weighted by Gasteiger charge is -2.34. The first-order valence-corrected chi connectivity index (χ1v) is 11.0. The summed E-state index contributed by atoms with van der Waals surface area (Å²) in [5, 5.41) is 17.1. The van der Waals surface area contributed by atoms with Crippen molar-refractivity contribution >= 4 is 16.7 Å². The molecule has 6 nitrogen and oxygen atoms in total. The molecule has 0 saturated heterocycles. The normalized spacial score (nSPS) is 19.3. The van der Waals surface area contributed by atoms with E-state index >= 15 is 0 Å². The maximum atomic E-state index is 13.9. The van der Waals surface area contributed by atoms with Gasteiger partial charge in [0.1, 0.15) is 12.5 Å². The van der Waals surface area contributed by atoms with Crippen LogP contribution < -0.4 is 5.32 Å². The number of carbonyl (C=O) groups is 1. The van der Waals surface area contributed by atoms with Gasteiger partial charge in [0, 0.05) is 0 Å². The highest BCUT2D eigenvalue weighted by atomic mass is 16.6. The van der Waals surface area contributed by atoms with Gasteiger partial charge in [-0.05, 0) is 27.5 Å². The van der Waals surface area contributed by atoms with E-state index in [4.69, 9.17) is 4.74 Å². The Kier molecular flexibility index (Phi) is 5.55. The third-order valence-corrected chi connectivity index (χ3v) is 6.29. The molecule has 0 saturated carbocycles. The fourth-order valence-electron chi connectivity index (χ4n) is 4.71. The maximum Gasteiger partial charge on any atom is 0.338 e. The molecule has 6 heteroatoms. The molecule has 0 aromatic heterocycles. The smallest absolute Gasteiger partial charge is 0.338 e. The van der Waals surface area contributed by atoms with E-state index in [1.165, 1.54) is 6.20 Å². The zero-order valence-electron chi connectivity index (χ0n) is 18.3. The number of hydrogen-bond donors (Lipinski definition) is 1. The summed E-state index contributed by atoms with van der Waals surface area (Å²) in [7, 11) is 0. The molecule has 1 aliphatic heterocycles. The number of rotatable bonds is 6. The molecule has 4 aromatic carbocycles. The van der Waals surface area contributed by atoms with Crippen molar-refractivity contribution in [2.45, 2.75) is 18.1 Å². The molecule has 5 rings (SSSR count). The quantitative estimate of drug-likeness (QED) is 0.245. The Hall–Kier alpha value is -4.45. The second kappa shape index (κ2) is 8.83. The van der Waals surface area contributed by atoms with Crippen LogP contribution in [-0.2, 0) is 21.7 Å². The number of hydrogen-bond acceptors (Lipinski definition) is 5. The molecule has 1 heterocycles. The second-order valence-electron chi connectivity index (χ2n) is 8.21. The lowest BCUT2D eigenvalue weighted by molar-refractivity contribution is -0.430. The molecule has 0 radical (unpaired) electrons. The highest BCUT2D eigenvalue weighted by Gasteiger charge is 2.58. The molecule has 1 N–H and O–H groups in total. The number of benzene rings is 4. The Bertz CT molecular complexity index is 1380. The van der Waals surface area contributed by atoms with Gasteiger partial charge >= 0.3 is 5.97 Å². The SMILES string of the molecule is O=C(OCc1ccccc1)[C@@]1(c2ccccc2)NC=C([N+](=O)[O-])[C@@H]1c1cccc2ccccc12. The van der Waals surface area contributed by atoms with Crippen molar-refractivity contribution in [3.8, 4) is 0 Å². The van der Waals surface area contributed by atoms with Gasteiger partial charge in [0.2, 0.25) is 0 Å². The molecule has 168 valence electrons.